The first kappa shape index (κ1) is 15.6. The van der Waals surface area contributed by atoms with Crippen molar-refractivity contribution in [1.29, 1.82) is 0 Å². The van der Waals surface area contributed by atoms with E-state index in [0.717, 1.165) is 35.6 Å². The van der Waals surface area contributed by atoms with E-state index in [4.69, 9.17) is 9.47 Å². The Kier molecular flexibility index (Phi) is 4.93. The Morgan fingerprint density at radius 2 is 2.00 bits per heavy atom. The number of carbonyl (C=O) groups excluding carboxylic acids is 1. The van der Waals surface area contributed by atoms with E-state index >= 15 is 0 Å². The molecule has 3 rings (SSSR count). The average molecular weight is 311 g/mol. The van der Waals surface area contributed by atoms with E-state index in [2.05, 4.69) is 5.32 Å². The zero-order valence-corrected chi connectivity index (χ0v) is 13.2. The number of anilines is 1. The lowest BCUT2D eigenvalue weighted by atomic mass is 10.1. The molecule has 1 aliphatic rings. The molecule has 1 atom stereocenters. The molecule has 0 saturated carbocycles. The van der Waals surface area contributed by atoms with Crippen LogP contribution in [0, 0.1) is 6.92 Å². The van der Waals surface area contributed by atoms with Gasteiger partial charge in [0.25, 0.3) is 0 Å². The van der Waals surface area contributed by atoms with Crippen molar-refractivity contribution < 1.29 is 14.3 Å². The molecule has 4 heteroatoms. The number of aryl methyl sites for hydroxylation is 1. The minimum Gasteiger partial charge on any atom is -0.488 e. The Labute approximate surface area is 136 Å². The molecule has 0 aromatic heterocycles. The number of rotatable bonds is 5. The Morgan fingerprint density at radius 1 is 1.22 bits per heavy atom. The smallest absolute Gasteiger partial charge is 0.228 e. The molecule has 0 spiro atoms. The molecule has 0 bridgehead atoms. The summed E-state index contributed by atoms with van der Waals surface area (Å²) >= 11 is 0. The minimum atomic E-state index is -0.0165. The predicted molar refractivity (Wildman–Crippen MR) is 89.8 cm³/mol. The van der Waals surface area contributed by atoms with Gasteiger partial charge in [-0.05, 0) is 42.3 Å². The van der Waals surface area contributed by atoms with Crippen molar-refractivity contribution >= 4 is 11.6 Å². The maximum absolute atomic E-state index is 12.1. The molecule has 1 amide bonds. The summed E-state index contributed by atoms with van der Waals surface area (Å²) in [7, 11) is 0. The van der Waals surface area contributed by atoms with Gasteiger partial charge in [0.15, 0.2) is 0 Å². The van der Waals surface area contributed by atoms with Crippen molar-refractivity contribution in [3.63, 3.8) is 0 Å². The number of hydrogen-bond acceptors (Lipinski definition) is 3. The van der Waals surface area contributed by atoms with Crippen molar-refractivity contribution in [2.75, 3.05) is 18.5 Å². The summed E-state index contributed by atoms with van der Waals surface area (Å²) in [5, 5.41) is 2.92. The van der Waals surface area contributed by atoms with Gasteiger partial charge < -0.3 is 14.8 Å². The molecule has 120 valence electrons. The van der Waals surface area contributed by atoms with Gasteiger partial charge in [0, 0.05) is 12.1 Å². The third-order valence-electron chi connectivity index (χ3n) is 3.94. The zero-order valence-electron chi connectivity index (χ0n) is 13.2. The average Bonchev–Trinajstić information content (AvgIpc) is 3.04. The molecule has 0 aliphatic carbocycles. The molecule has 2 aromatic rings. The summed E-state index contributed by atoms with van der Waals surface area (Å²) in [6.07, 6.45) is 1.44. The summed E-state index contributed by atoms with van der Waals surface area (Å²) in [6, 6.07) is 15.4. The normalized spacial score (nSPS) is 17.0. The van der Waals surface area contributed by atoms with Crippen molar-refractivity contribution in [2.24, 2.45) is 0 Å². The SMILES string of the molecule is Cc1ccccc1CC(=O)Nc1ccc(O[C@@H]2CCOC2)cc1. The second-order valence-electron chi connectivity index (χ2n) is 5.78. The van der Waals surface area contributed by atoms with Crippen molar-refractivity contribution in [3.8, 4) is 5.75 Å². The van der Waals surface area contributed by atoms with Crippen LogP contribution in [0.2, 0.25) is 0 Å². The molecule has 1 N–H and O–H groups in total. The number of ether oxygens (including phenoxy) is 2. The van der Waals surface area contributed by atoms with Crippen LogP contribution in [0.3, 0.4) is 0 Å². The van der Waals surface area contributed by atoms with Crippen LogP contribution in [-0.2, 0) is 16.0 Å². The highest BCUT2D eigenvalue weighted by Crippen LogP contribution is 2.20. The second-order valence-corrected chi connectivity index (χ2v) is 5.78. The van der Waals surface area contributed by atoms with E-state index in [1.54, 1.807) is 0 Å². The van der Waals surface area contributed by atoms with Crippen molar-refractivity contribution in [2.45, 2.75) is 25.9 Å². The topological polar surface area (TPSA) is 47.6 Å². The summed E-state index contributed by atoms with van der Waals surface area (Å²) < 4.78 is 11.1. The first-order valence-electron chi connectivity index (χ1n) is 7.89. The summed E-state index contributed by atoms with van der Waals surface area (Å²) in [6.45, 7) is 3.42. The van der Waals surface area contributed by atoms with Gasteiger partial charge in [-0.25, -0.2) is 0 Å². The third-order valence-corrected chi connectivity index (χ3v) is 3.94. The first-order valence-corrected chi connectivity index (χ1v) is 7.89. The molecule has 1 saturated heterocycles. The lowest BCUT2D eigenvalue weighted by Crippen LogP contribution is -2.16. The summed E-state index contributed by atoms with van der Waals surface area (Å²) in [5.41, 5.74) is 2.95. The van der Waals surface area contributed by atoms with Crippen LogP contribution in [-0.4, -0.2) is 25.2 Å². The van der Waals surface area contributed by atoms with E-state index < -0.39 is 0 Å². The molecule has 0 radical (unpaired) electrons. The highest BCUT2D eigenvalue weighted by atomic mass is 16.5. The Hall–Kier alpha value is -2.33. The molecule has 2 aromatic carbocycles. The van der Waals surface area contributed by atoms with E-state index in [0.29, 0.717) is 13.0 Å². The fraction of sp³-hybridized carbons (Fsp3) is 0.316. The molecule has 1 aliphatic heterocycles. The molecular weight excluding hydrogens is 290 g/mol. The van der Waals surface area contributed by atoms with Crippen molar-refractivity contribution in [1.82, 2.24) is 0 Å². The molecule has 4 nitrogen and oxygen atoms in total. The van der Waals surface area contributed by atoms with Gasteiger partial charge in [-0.1, -0.05) is 24.3 Å². The quantitative estimate of drug-likeness (QED) is 0.921. The maximum atomic E-state index is 12.1. The van der Waals surface area contributed by atoms with E-state index in [1.165, 1.54) is 0 Å². The highest BCUT2D eigenvalue weighted by molar-refractivity contribution is 5.92. The third kappa shape index (κ3) is 4.33. The van der Waals surface area contributed by atoms with Crippen LogP contribution < -0.4 is 10.1 Å². The van der Waals surface area contributed by atoms with Gasteiger partial charge in [-0.15, -0.1) is 0 Å². The summed E-state index contributed by atoms with van der Waals surface area (Å²) in [5.74, 6) is 0.787. The molecule has 23 heavy (non-hydrogen) atoms. The molecular formula is C19H21NO3. The van der Waals surface area contributed by atoms with Gasteiger partial charge >= 0.3 is 0 Å². The zero-order chi connectivity index (χ0) is 16.1. The lowest BCUT2D eigenvalue weighted by molar-refractivity contribution is -0.115. The number of nitrogens with one attached hydrogen (secondary N) is 1. The van der Waals surface area contributed by atoms with Gasteiger partial charge in [-0.2, -0.15) is 0 Å². The number of carbonyl (C=O) groups is 1. The predicted octanol–water partition coefficient (Wildman–Crippen LogP) is 3.34. The summed E-state index contributed by atoms with van der Waals surface area (Å²) in [4.78, 5) is 12.1. The first-order chi connectivity index (χ1) is 11.2. The van der Waals surface area contributed by atoms with Crippen LogP contribution in [0.15, 0.2) is 48.5 Å². The van der Waals surface area contributed by atoms with Gasteiger partial charge in [0.2, 0.25) is 5.91 Å². The van der Waals surface area contributed by atoms with E-state index in [1.807, 2.05) is 55.5 Å². The number of benzene rings is 2. The van der Waals surface area contributed by atoms with Crippen LogP contribution in [0.1, 0.15) is 17.5 Å². The fourth-order valence-corrected chi connectivity index (χ4v) is 2.60. The molecule has 1 fully saturated rings. The molecule has 1 heterocycles. The number of amides is 1. The van der Waals surface area contributed by atoms with Crippen LogP contribution in [0.4, 0.5) is 5.69 Å². The van der Waals surface area contributed by atoms with Gasteiger partial charge in [0.1, 0.15) is 11.9 Å². The van der Waals surface area contributed by atoms with Gasteiger partial charge in [0.05, 0.1) is 19.6 Å². The lowest BCUT2D eigenvalue weighted by Gasteiger charge is -2.12. The van der Waals surface area contributed by atoms with E-state index in [9.17, 15) is 4.79 Å². The second kappa shape index (κ2) is 7.29. The van der Waals surface area contributed by atoms with Crippen LogP contribution >= 0.6 is 0 Å². The van der Waals surface area contributed by atoms with E-state index in [-0.39, 0.29) is 12.0 Å². The Morgan fingerprint density at radius 3 is 2.70 bits per heavy atom. The van der Waals surface area contributed by atoms with Gasteiger partial charge in [-0.3, -0.25) is 4.79 Å². The highest BCUT2D eigenvalue weighted by Gasteiger charge is 2.17. The monoisotopic (exact) mass is 311 g/mol. The van der Waals surface area contributed by atoms with Crippen LogP contribution in [0.25, 0.3) is 0 Å². The fourth-order valence-electron chi connectivity index (χ4n) is 2.60. The standard InChI is InChI=1S/C19H21NO3/c1-14-4-2-3-5-15(14)12-19(21)20-16-6-8-17(9-7-16)23-18-10-11-22-13-18/h2-9,18H,10-13H2,1H3,(H,20,21)/t18-/m1/s1. The van der Waals surface area contributed by atoms with Crippen molar-refractivity contribution in [3.05, 3.63) is 59.7 Å². The maximum Gasteiger partial charge on any atom is 0.228 e. The minimum absolute atomic E-state index is 0.0165. The Bertz CT molecular complexity index is 661. The Balaban J connectivity index is 1.55. The van der Waals surface area contributed by atoms with Crippen LogP contribution in [0.5, 0.6) is 5.75 Å². The largest absolute Gasteiger partial charge is 0.488 e. The number of hydrogen-bond donors (Lipinski definition) is 1. The molecule has 0 unspecified atom stereocenters.